The summed E-state index contributed by atoms with van der Waals surface area (Å²) in [6.07, 6.45) is 6.24. The Kier molecular flexibility index (Phi) is 7.95. The number of ether oxygens (including phenoxy) is 1. The lowest BCUT2D eigenvalue weighted by Gasteiger charge is -2.57. The Morgan fingerprint density at radius 1 is 1.11 bits per heavy atom. The number of nitrogens with one attached hydrogen (secondary N) is 2. The Bertz CT molecular complexity index is 604. The third kappa shape index (κ3) is 4.55. The highest BCUT2D eigenvalue weighted by atomic mass is 127. The van der Waals surface area contributed by atoms with Crippen molar-refractivity contribution in [3.8, 4) is 0 Å². The number of likely N-dealkylation sites (N-methyl/N-ethyl adjacent to an activating group) is 2. The quantitative estimate of drug-likeness (QED) is 0.325. The highest BCUT2D eigenvalue weighted by Crippen LogP contribution is 2.60. The van der Waals surface area contributed by atoms with Gasteiger partial charge < -0.3 is 25.2 Å². The van der Waals surface area contributed by atoms with Crippen LogP contribution in [0.15, 0.2) is 4.99 Å². The number of guanidine groups is 1. The molecule has 0 aromatic heterocycles. The van der Waals surface area contributed by atoms with Crippen LogP contribution in [0.2, 0.25) is 0 Å². The van der Waals surface area contributed by atoms with Gasteiger partial charge in [0.15, 0.2) is 5.96 Å². The van der Waals surface area contributed by atoms with E-state index in [1.165, 1.54) is 35.5 Å². The first kappa shape index (κ1) is 23.2. The summed E-state index contributed by atoms with van der Waals surface area (Å²) >= 11 is 0. The van der Waals surface area contributed by atoms with Crippen molar-refractivity contribution in [1.29, 1.82) is 0 Å². The lowest BCUT2D eigenvalue weighted by molar-refractivity contribution is -0.128. The van der Waals surface area contributed by atoms with Gasteiger partial charge in [-0.15, -0.1) is 24.0 Å². The normalized spacial score (nSPS) is 27.4. The number of carbonyl (C=O) groups is 2. The molecule has 3 fully saturated rings. The Balaban J connectivity index is 0.00000280. The molecule has 3 aliphatic rings. The number of amides is 2. The van der Waals surface area contributed by atoms with Gasteiger partial charge >= 0.3 is 0 Å². The van der Waals surface area contributed by atoms with Crippen LogP contribution in [0.25, 0.3) is 0 Å². The molecule has 3 unspecified atom stereocenters. The number of nitrogens with zero attached hydrogens (tertiary/aromatic N) is 3. The van der Waals surface area contributed by atoms with Gasteiger partial charge in [-0.25, -0.2) is 4.99 Å². The number of fused-ring (bicyclic) bond motifs is 2. The van der Waals surface area contributed by atoms with Gasteiger partial charge in [0, 0.05) is 52.2 Å². The van der Waals surface area contributed by atoms with Crippen LogP contribution in [0.1, 0.15) is 32.1 Å². The van der Waals surface area contributed by atoms with Crippen LogP contribution in [-0.4, -0.2) is 87.6 Å². The first-order valence-electron chi connectivity index (χ1n) is 9.92. The molecule has 0 aromatic rings. The topological polar surface area (TPSA) is 86.3 Å². The van der Waals surface area contributed by atoms with Gasteiger partial charge in [-0.1, -0.05) is 12.8 Å². The number of hydrogen-bond acceptors (Lipinski definition) is 4. The van der Waals surface area contributed by atoms with E-state index in [9.17, 15) is 9.59 Å². The molecule has 2 saturated carbocycles. The van der Waals surface area contributed by atoms with Gasteiger partial charge in [0.1, 0.15) is 6.54 Å². The van der Waals surface area contributed by atoms with E-state index < -0.39 is 0 Å². The summed E-state index contributed by atoms with van der Waals surface area (Å²) in [6, 6.07) is 0.294. The van der Waals surface area contributed by atoms with E-state index >= 15 is 0 Å². The van der Waals surface area contributed by atoms with Crippen LogP contribution in [0, 0.1) is 11.3 Å². The predicted molar refractivity (Wildman–Crippen MR) is 119 cm³/mol. The van der Waals surface area contributed by atoms with Gasteiger partial charge in [-0.2, -0.15) is 0 Å². The molecule has 3 atom stereocenters. The molecule has 160 valence electrons. The fraction of sp³-hybridized carbons (Fsp3) is 0.842. The van der Waals surface area contributed by atoms with Crippen molar-refractivity contribution in [2.75, 3.05) is 47.9 Å². The van der Waals surface area contributed by atoms with Crippen molar-refractivity contribution in [2.45, 2.75) is 44.2 Å². The average molecular weight is 507 g/mol. The van der Waals surface area contributed by atoms with Crippen LogP contribution in [0.5, 0.6) is 0 Å². The summed E-state index contributed by atoms with van der Waals surface area (Å²) in [5, 5.41) is 6.68. The van der Waals surface area contributed by atoms with Crippen molar-refractivity contribution in [3.05, 3.63) is 0 Å². The second-order valence-corrected chi connectivity index (χ2v) is 8.40. The molecule has 2 aliphatic carbocycles. The van der Waals surface area contributed by atoms with Crippen molar-refractivity contribution in [1.82, 2.24) is 20.4 Å². The summed E-state index contributed by atoms with van der Waals surface area (Å²) in [4.78, 5) is 31.5. The molecule has 1 spiro atoms. The van der Waals surface area contributed by atoms with E-state index in [4.69, 9.17) is 4.74 Å². The lowest BCUT2D eigenvalue weighted by atomic mass is 9.54. The lowest BCUT2D eigenvalue weighted by Crippen LogP contribution is -2.69. The SMILES string of the molecule is CN(C)C(=O)CN=C(NCC(=O)N(C)C)NC1C2CCOC2C12CCCC2.I. The second kappa shape index (κ2) is 9.60. The van der Waals surface area contributed by atoms with E-state index in [0.29, 0.717) is 24.0 Å². The van der Waals surface area contributed by atoms with Crippen LogP contribution >= 0.6 is 24.0 Å². The Hall–Kier alpha value is -1.10. The van der Waals surface area contributed by atoms with Gasteiger partial charge in [-0.05, 0) is 19.3 Å². The number of carbonyl (C=O) groups excluding carboxylic acids is 2. The first-order valence-corrected chi connectivity index (χ1v) is 9.92. The largest absolute Gasteiger partial charge is 0.377 e. The van der Waals surface area contributed by atoms with E-state index in [-0.39, 0.29) is 54.3 Å². The van der Waals surface area contributed by atoms with Gasteiger partial charge in [0.25, 0.3) is 0 Å². The van der Waals surface area contributed by atoms with E-state index in [2.05, 4.69) is 15.6 Å². The standard InChI is InChI=1S/C19H33N5O3.HI/c1-23(2)14(25)11-20-18(21-12-15(26)24(3)4)22-16-13-7-10-27-17(13)19(16)8-5-6-9-19;/h13,16-17H,5-12H2,1-4H3,(H2,20,21,22);1H. The van der Waals surface area contributed by atoms with Gasteiger partial charge in [0.2, 0.25) is 11.8 Å². The van der Waals surface area contributed by atoms with Crippen molar-refractivity contribution < 1.29 is 14.3 Å². The molecule has 3 rings (SSSR count). The minimum atomic E-state index is -0.0682. The zero-order valence-corrected chi connectivity index (χ0v) is 19.7. The molecule has 9 heteroatoms. The molecular weight excluding hydrogens is 473 g/mol. The van der Waals surface area contributed by atoms with Crippen molar-refractivity contribution >= 4 is 41.8 Å². The number of halogens is 1. The summed E-state index contributed by atoms with van der Waals surface area (Å²) in [5.74, 6) is 0.933. The second-order valence-electron chi connectivity index (χ2n) is 8.40. The summed E-state index contributed by atoms with van der Waals surface area (Å²) in [6.45, 7) is 1.04. The van der Waals surface area contributed by atoms with E-state index in [1.807, 2.05) is 0 Å². The molecule has 2 N–H and O–H groups in total. The molecule has 28 heavy (non-hydrogen) atoms. The molecule has 1 saturated heterocycles. The monoisotopic (exact) mass is 507 g/mol. The van der Waals surface area contributed by atoms with Crippen LogP contribution in [-0.2, 0) is 14.3 Å². The third-order valence-corrected chi connectivity index (χ3v) is 6.36. The van der Waals surface area contributed by atoms with Crippen molar-refractivity contribution in [2.24, 2.45) is 16.3 Å². The Labute approximate surface area is 184 Å². The van der Waals surface area contributed by atoms with Crippen molar-refractivity contribution in [3.63, 3.8) is 0 Å². The maximum atomic E-state index is 12.0. The maximum absolute atomic E-state index is 12.0. The maximum Gasteiger partial charge on any atom is 0.243 e. The van der Waals surface area contributed by atoms with Crippen LogP contribution in [0.4, 0.5) is 0 Å². The minimum absolute atomic E-state index is 0. The van der Waals surface area contributed by atoms with E-state index in [0.717, 1.165) is 13.0 Å². The third-order valence-electron chi connectivity index (χ3n) is 6.36. The number of hydrogen-bond donors (Lipinski definition) is 2. The molecule has 0 aromatic carbocycles. The molecule has 8 nitrogen and oxygen atoms in total. The summed E-state index contributed by atoms with van der Waals surface area (Å²) < 4.78 is 6.04. The fourth-order valence-electron chi connectivity index (χ4n) is 4.81. The zero-order valence-electron chi connectivity index (χ0n) is 17.4. The first-order chi connectivity index (χ1) is 12.8. The molecule has 1 heterocycles. The predicted octanol–water partition coefficient (Wildman–Crippen LogP) is 0.664. The molecule has 0 bridgehead atoms. The fourth-order valence-corrected chi connectivity index (χ4v) is 4.81. The molecule has 1 aliphatic heterocycles. The minimum Gasteiger partial charge on any atom is -0.377 e. The summed E-state index contributed by atoms with van der Waals surface area (Å²) in [7, 11) is 6.88. The average Bonchev–Trinajstić information content (AvgIpc) is 3.28. The molecule has 2 amide bonds. The van der Waals surface area contributed by atoms with Crippen LogP contribution in [0.3, 0.4) is 0 Å². The van der Waals surface area contributed by atoms with Crippen LogP contribution < -0.4 is 10.6 Å². The number of aliphatic imine (C=N–C) groups is 1. The highest BCUT2D eigenvalue weighted by molar-refractivity contribution is 14.0. The number of rotatable bonds is 5. The zero-order chi connectivity index (χ0) is 19.6. The van der Waals surface area contributed by atoms with Gasteiger partial charge in [0.05, 0.1) is 12.6 Å². The molecule has 0 radical (unpaired) electrons. The molecular formula is C19H34IN5O3. The smallest absolute Gasteiger partial charge is 0.243 e. The summed E-state index contributed by atoms with van der Waals surface area (Å²) in [5.41, 5.74) is 0.181. The highest BCUT2D eigenvalue weighted by Gasteiger charge is 2.65. The van der Waals surface area contributed by atoms with Gasteiger partial charge in [-0.3, -0.25) is 9.59 Å². The Morgan fingerprint density at radius 2 is 1.75 bits per heavy atom. The Morgan fingerprint density at radius 3 is 2.36 bits per heavy atom. The van der Waals surface area contributed by atoms with E-state index in [1.54, 1.807) is 28.2 Å².